The van der Waals surface area contributed by atoms with Crippen molar-refractivity contribution in [2.45, 2.75) is 43.8 Å². The third-order valence-electron chi connectivity index (χ3n) is 6.67. The molecule has 0 unspecified atom stereocenters. The van der Waals surface area contributed by atoms with Crippen molar-refractivity contribution in [2.24, 2.45) is 11.3 Å². The van der Waals surface area contributed by atoms with Crippen LogP contribution >= 0.6 is 0 Å². The van der Waals surface area contributed by atoms with E-state index in [-0.39, 0.29) is 11.5 Å². The molecule has 0 aliphatic heterocycles. The van der Waals surface area contributed by atoms with E-state index >= 15 is 0 Å². The van der Waals surface area contributed by atoms with Gasteiger partial charge < -0.3 is 0 Å². The lowest BCUT2D eigenvalue weighted by molar-refractivity contribution is -0.137. The Morgan fingerprint density at radius 3 is 2.40 bits per heavy atom. The van der Waals surface area contributed by atoms with Crippen molar-refractivity contribution in [3.05, 3.63) is 41.5 Å². The molecular formula is C20H22F3NO. The van der Waals surface area contributed by atoms with Crippen LogP contribution in [0, 0.1) is 11.3 Å². The largest absolute Gasteiger partial charge is 0.416 e. The molecule has 2 fully saturated rings. The van der Waals surface area contributed by atoms with Gasteiger partial charge in [-0.3, -0.25) is 9.69 Å². The van der Waals surface area contributed by atoms with Crippen molar-refractivity contribution in [1.82, 2.24) is 4.90 Å². The number of hydrogen-bond acceptors (Lipinski definition) is 2. The van der Waals surface area contributed by atoms with Crippen molar-refractivity contribution in [1.29, 1.82) is 0 Å². The van der Waals surface area contributed by atoms with Crippen LogP contribution in [0.15, 0.2) is 30.3 Å². The number of likely N-dealkylation sites (N-methyl/N-ethyl adjacent to an activating group) is 1. The van der Waals surface area contributed by atoms with Crippen molar-refractivity contribution in [2.75, 3.05) is 14.1 Å². The number of nitrogens with zero attached hydrogens (tertiary/aromatic N) is 1. The van der Waals surface area contributed by atoms with Gasteiger partial charge in [0.05, 0.1) is 16.5 Å². The zero-order valence-electron chi connectivity index (χ0n) is 14.5. The second-order valence-corrected chi connectivity index (χ2v) is 7.89. The molecule has 1 aromatic rings. The lowest BCUT2D eigenvalue weighted by atomic mass is 9.68. The number of allylic oxidation sites excluding steroid dienone is 1. The summed E-state index contributed by atoms with van der Waals surface area (Å²) in [4.78, 5) is 15.0. The number of hydrogen-bond donors (Lipinski definition) is 0. The first-order valence-corrected chi connectivity index (χ1v) is 8.83. The molecule has 3 aliphatic rings. The van der Waals surface area contributed by atoms with Crippen LogP contribution in [0.5, 0.6) is 0 Å². The molecule has 5 heteroatoms. The Morgan fingerprint density at radius 2 is 1.80 bits per heavy atom. The Hall–Kier alpha value is -1.62. The molecule has 134 valence electrons. The van der Waals surface area contributed by atoms with Gasteiger partial charge in [-0.2, -0.15) is 13.2 Å². The first-order valence-electron chi connectivity index (χ1n) is 8.83. The number of Topliss-reactive ketones (excluding diaryl/α,β-unsaturated/α-hetero) is 1. The van der Waals surface area contributed by atoms with Gasteiger partial charge in [0, 0.05) is 6.42 Å². The maximum Gasteiger partial charge on any atom is 0.416 e. The summed E-state index contributed by atoms with van der Waals surface area (Å²) >= 11 is 0. The van der Waals surface area contributed by atoms with Crippen molar-refractivity contribution < 1.29 is 18.0 Å². The molecule has 2 bridgehead atoms. The molecule has 1 aromatic carbocycles. The van der Waals surface area contributed by atoms with Gasteiger partial charge in [0.1, 0.15) is 5.78 Å². The van der Waals surface area contributed by atoms with E-state index < -0.39 is 17.2 Å². The maximum atomic E-state index is 12.9. The Labute approximate surface area is 145 Å². The highest BCUT2D eigenvalue weighted by molar-refractivity contribution is 6.01. The molecule has 4 rings (SSSR count). The van der Waals surface area contributed by atoms with Gasteiger partial charge in [-0.15, -0.1) is 0 Å². The van der Waals surface area contributed by atoms with Gasteiger partial charge in [-0.05, 0) is 56.1 Å². The summed E-state index contributed by atoms with van der Waals surface area (Å²) < 4.78 is 38.6. The third-order valence-corrected chi connectivity index (χ3v) is 6.67. The first-order chi connectivity index (χ1) is 11.7. The van der Waals surface area contributed by atoms with Crippen LogP contribution in [-0.4, -0.2) is 30.3 Å². The summed E-state index contributed by atoms with van der Waals surface area (Å²) in [5.41, 5.74) is 0.434. The molecule has 0 N–H and O–H groups in total. The second-order valence-electron chi connectivity index (χ2n) is 7.89. The fourth-order valence-corrected chi connectivity index (χ4v) is 5.53. The average molecular weight is 349 g/mol. The maximum absolute atomic E-state index is 12.9. The molecule has 0 amide bonds. The normalized spacial score (nSPS) is 34.4. The Morgan fingerprint density at radius 1 is 1.12 bits per heavy atom. The van der Waals surface area contributed by atoms with Gasteiger partial charge in [-0.25, -0.2) is 0 Å². The van der Waals surface area contributed by atoms with E-state index in [9.17, 15) is 18.0 Å². The van der Waals surface area contributed by atoms with Crippen LogP contribution < -0.4 is 0 Å². The van der Waals surface area contributed by atoms with Gasteiger partial charge >= 0.3 is 6.18 Å². The van der Waals surface area contributed by atoms with Crippen LogP contribution in [0.4, 0.5) is 13.2 Å². The molecule has 0 spiro atoms. The zero-order valence-corrected chi connectivity index (χ0v) is 14.5. The standard InChI is InChI=1S/C20H22F3NO/c1-24(2)19-12-17(25)18(10-4-3-5-16(18)19)11-15(19)13-6-8-14(9-7-13)20(21,22)23/h6-9,11,16H,3-5,10,12H2,1-2H3/t16-,18-,19-/m0/s1. The molecule has 3 aliphatic carbocycles. The number of halogens is 3. The number of benzene rings is 1. The van der Waals surface area contributed by atoms with Gasteiger partial charge in [0.2, 0.25) is 0 Å². The third kappa shape index (κ3) is 2.11. The van der Waals surface area contributed by atoms with E-state index in [4.69, 9.17) is 0 Å². The topological polar surface area (TPSA) is 20.3 Å². The molecular weight excluding hydrogens is 327 g/mol. The molecule has 25 heavy (non-hydrogen) atoms. The lowest BCUT2D eigenvalue weighted by Gasteiger charge is -2.43. The summed E-state index contributed by atoms with van der Waals surface area (Å²) in [6.07, 6.45) is 2.28. The number of carbonyl (C=O) groups excluding carboxylic acids is 1. The summed E-state index contributed by atoms with van der Waals surface area (Å²) in [6.45, 7) is 0. The van der Waals surface area contributed by atoms with Crippen LogP contribution in [0.1, 0.15) is 43.2 Å². The van der Waals surface area contributed by atoms with E-state index in [0.717, 1.165) is 49.0 Å². The fraction of sp³-hybridized carbons (Fsp3) is 0.550. The predicted molar refractivity (Wildman–Crippen MR) is 89.9 cm³/mol. The number of ketones is 1. The highest BCUT2D eigenvalue weighted by atomic mass is 19.4. The SMILES string of the molecule is CN(C)[C@@]12CC(=O)[C@]3(C=C1c1ccc(C(F)(F)F)cc1)CCCC[C@@H]32. The molecule has 0 aromatic heterocycles. The summed E-state index contributed by atoms with van der Waals surface area (Å²) in [7, 11) is 3.97. The molecule has 0 saturated heterocycles. The Bertz CT molecular complexity index is 749. The molecule has 2 nitrogen and oxygen atoms in total. The predicted octanol–water partition coefficient (Wildman–Crippen LogP) is 4.55. The quantitative estimate of drug-likeness (QED) is 0.781. The Balaban J connectivity index is 1.83. The van der Waals surface area contributed by atoms with Crippen LogP contribution in [0.3, 0.4) is 0 Å². The number of carbonyl (C=O) groups is 1. The second kappa shape index (κ2) is 5.19. The van der Waals surface area contributed by atoms with E-state index in [2.05, 4.69) is 11.0 Å². The minimum Gasteiger partial charge on any atom is -0.299 e. The number of rotatable bonds is 2. The summed E-state index contributed by atoms with van der Waals surface area (Å²) in [5.74, 6) is 0.551. The minimum atomic E-state index is -4.33. The smallest absolute Gasteiger partial charge is 0.299 e. The highest BCUT2D eigenvalue weighted by Crippen LogP contribution is 2.66. The summed E-state index contributed by atoms with van der Waals surface area (Å²) in [5, 5.41) is 0. The van der Waals surface area contributed by atoms with Crippen molar-refractivity contribution >= 4 is 11.4 Å². The molecule has 0 radical (unpaired) electrons. The number of alkyl halides is 3. The zero-order chi connectivity index (χ0) is 18.0. The van der Waals surface area contributed by atoms with Gasteiger partial charge in [0.15, 0.2) is 0 Å². The molecule has 2 saturated carbocycles. The van der Waals surface area contributed by atoms with Crippen molar-refractivity contribution in [3.8, 4) is 0 Å². The monoisotopic (exact) mass is 349 g/mol. The molecule has 3 atom stereocenters. The first kappa shape index (κ1) is 16.8. The van der Waals surface area contributed by atoms with E-state index in [0.29, 0.717) is 12.2 Å². The van der Waals surface area contributed by atoms with Crippen molar-refractivity contribution in [3.63, 3.8) is 0 Å². The van der Waals surface area contributed by atoms with E-state index in [1.165, 1.54) is 0 Å². The Kier molecular flexibility index (Phi) is 3.50. The minimum absolute atomic E-state index is 0.244. The molecule has 0 heterocycles. The highest BCUT2D eigenvalue weighted by Gasteiger charge is 2.68. The van der Waals surface area contributed by atoms with E-state index in [1.807, 2.05) is 14.1 Å². The van der Waals surface area contributed by atoms with Crippen LogP contribution in [0.25, 0.3) is 5.57 Å². The fourth-order valence-electron chi connectivity index (χ4n) is 5.53. The van der Waals surface area contributed by atoms with Crippen LogP contribution in [0.2, 0.25) is 0 Å². The average Bonchev–Trinajstić information content (AvgIpc) is 3.01. The summed E-state index contributed by atoms with van der Waals surface area (Å²) in [6, 6.07) is 5.42. The van der Waals surface area contributed by atoms with Gasteiger partial charge in [-0.1, -0.05) is 31.1 Å². The van der Waals surface area contributed by atoms with E-state index in [1.54, 1.807) is 12.1 Å². The van der Waals surface area contributed by atoms with Crippen LogP contribution in [-0.2, 0) is 11.0 Å². The lowest BCUT2D eigenvalue weighted by Crippen LogP contribution is -2.48. The van der Waals surface area contributed by atoms with Gasteiger partial charge in [0.25, 0.3) is 0 Å².